The van der Waals surface area contributed by atoms with Crippen molar-refractivity contribution in [2.75, 3.05) is 29.1 Å². The van der Waals surface area contributed by atoms with E-state index in [0.29, 0.717) is 0 Å². The predicted molar refractivity (Wildman–Crippen MR) is 80.5 cm³/mol. The lowest BCUT2D eigenvalue weighted by Crippen LogP contribution is -2.14. The van der Waals surface area contributed by atoms with Crippen molar-refractivity contribution in [1.82, 2.24) is 0 Å². The molecule has 3 nitrogen and oxygen atoms in total. The van der Waals surface area contributed by atoms with Gasteiger partial charge in [-0.05, 0) is 43.8 Å². The molecule has 3 N–H and O–H groups in total. The van der Waals surface area contributed by atoms with Gasteiger partial charge < -0.3 is 15.8 Å². The van der Waals surface area contributed by atoms with Crippen molar-refractivity contribution in [2.45, 2.75) is 26.4 Å². The molecule has 0 bridgehead atoms. The highest BCUT2D eigenvalue weighted by molar-refractivity contribution is 7.99. The van der Waals surface area contributed by atoms with Crippen LogP contribution in [0.1, 0.15) is 20.3 Å². The summed E-state index contributed by atoms with van der Waals surface area (Å²) in [4.78, 5) is 0. The van der Waals surface area contributed by atoms with Crippen LogP contribution in [0.2, 0.25) is 0 Å². The van der Waals surface area contributed by atoms with Crippen LogP contribution in [-0.2, 0) is 0 Å². The lowest BCUT2D eigenvalue weighted by molar-refractivity contribution is 0.242. The normalized spacial score (nSPS) is 19.2. The van der Waals surface area contributed by atoms with Crippen LogP contribution in [0.3, 0.4) is 0 Å². The van der Waals surface area contributed by atoms with Gasteiger partial charge in [-0.3, -0.25) is 0 Å². The summed E-state index contributed by atoms with van der Waals surface area (Å²) in [6.45, 7) is 5.07. The zero-order chi connectivity index (χ0) is 13.0. The van der Waals surface area contributed by atoms with Crippen LogP contribution in [0.15, 0.2) is 18.2 Å². The Balaban J connectivity index is 1.96. The van der Waals surface area contributed by atoms with E-state index in [-0.39, 0.29) is 6.10 Å². The van der Waals surface area contributed by atoms with Gasteiger partial charge in [0.15, 0.2) is 0 Å². The maximum absolute atomic E-state index is 5.89. The number of thioether (sulfide) groups is 1. The lowest BCUT2D eigenvalue weighted by Gasteiger charge is -2.15. The minimum atomic E-state index is 0.172. The highest BCUT2D eigenvalue weighted by Gasteiger charge is 2.15. The number of nitrogens with two attached hydrogens (primary N) is 1. The number of anilines is 2. The first-order valence-corrected chi connectivity index (χ1v) is 7.68. The molecule has 0 saturated carbocycles. The van der Waals surface area contributed by atoms with Gasteiger partial charge in [0, 0.05) is 30.1 Å². The van der Waals surface area contributed by atoms with E-state index in [1.807, 2.05) is 43.8 Å². The maximum Gasteiger partial charge on any atom is 0.123 e. The summed E-state index contributed by atoms with van der Waals surface area (Å²) in [6, 6.07) is 5.87. The van der Waals surface area contributed by atoms with Crippen molar-refractivity contribution in [1.29, 1.82) is 0 Å². The molecule has 0 aliphatic carbocycles. The first-order chi connectivity index (χ1) is 8.63. The molecule has 1 atom stereocenters. The summed E-state index contributed by atoms with van der Waals surface area (Å²) in [5.74, 6) is 4.19. The summed E-state index contributed by atoms with van der Waals surface area (Å²) in [5.41, 5.74) is 7.70. The zero-order valence-corrected chi connectivity index (χ0v) is 11.9. The van der Waals surface area contributed by atoms with E-state index >= 15 is 0 Å². The molecular formula is C14H22N2OS. The minimum Gasteiger partial charge on any atom is -0.491 e. The largest absolute Gasteiger partial charge is 0.491 e. The average molecular weight is 266 g/mol. The number of rotatable bonds is 5. The van der Waals surface area contributed by atoms with Gasteiger partial charge in [0.05, 0.1) is 6.10 Å². The fourth-order valence-corrected chi connectivity index (χ4v) is 3.36. The Hall–Kier alpha value is -1.03. The van der Waals surface area contributed by atoms with Gasteiger partial charge >= 0.3 is 0 Å². The summed E-state index contributed by atoms with van der Waals surface area (Å²) >= 11 is 2.04. The van der Waals surface area contributed by atoms with Crippen LogP contribution in [-0.4, -0.2) is 24.2 Å². The Morgan fingerprint density at radius 3 is 2.94 bits per heavy atom. The molecule has 1 saturated heterocycles. The van der Waals surface area contributed by atoms with Crippen molar-refractivity contribution in [3.05, 3.63) is 18.2 Å². The number of ether oxygens (including phenoxy) is 1. The standard InChI is InChI=1S/C14H22N2OS/c1-10(2)17-14-6-12(15)5-13(7-14)16-8-11-3-4-18-9-11/h5-7,10-11,16H,3-4,8-9,15H2,1-2H3. The van der Waals surface area contributed by atoms with Crippen LogP contribution >= 0.6 is 11.8 Å². The highest BCUT2D eigenvalue weighted by Crippen LogP contribution is 2.26. The van der Waals surface area contributed by atoms with Crippen molar-refractivity contribution in [3.63, 3.8) is 0 Å². The van der Waals surface area contributed by atoms with E-state index in [4.69, 9.17) is 10.5 Å². The first kappa shape index (κ1) is 13.4. The van der Waals surface area contributed by atoms with Gasteiger partial charge in [-0.2, -0.15) is 11.8 Å². The summed E-state index contributed by atoms with van der Waals surface area (Å²) in [6.07, 6.45) is 1.49. The lowest BCUT2D eigenvalue weighted by atomic mass is 10.1. The van der Waals surface area contributed by atoms with E-state index in [1.165, 1.54) is 17.9 Å². The van der Waals surface area contributed by atoms with Gasteiger partial charge in [-0.1, -0.05) is 0 Å². The van der Waals surface area contributed by atoms with Crippen LogP contribution < -0.4 is 15.8 Å². The van der Waals surface area contributed by atoms with Gasteiger partial charge in [0.25, 0.3) is 0 Å². The molecule has 1 aliphatic rings. The minimum absolute atomic E-state index is 0.172. The molecule has 0 aromatic heterocycles. The quantitative estimate of drug-likeness (QED) is 0.803. The Bertz CT molecular complexity index is 389. The molecule has 18 heavy (non-hydrogen) atoms. The monoisotopic (exact) mass is 266 g/mol. The molecule has 0 radical (unpaired) electrons. The molecule has 100 valence electrons. The summed E-state index contributed by atoms with van der Waals surface area (Å²) in [7, 11) is 0. The number of nitrogens with one attached hydrogen (secondary N) is 1. The second-order valence-electron chi connectivity index (χ2n) is 5.07. The summed E-state index contributed by atoms with van der Waals surface area (Å²) < 4.78 is 5.68. The van der Waals surface area contributed by atoms with Crippen molar-refractivity contribution in [3.8, 4) is 5.75 Å². The summed E-state index contributed by atoms with van der Waals surface area (Å²) in [5, 5.41) is 3.47. The molecule has 1 aromatic rings. The SMILES string of the molecule is CC(C)Oc1cc(N)cc(NCC2CCSC2)c1. The molecule has 1 heterocycles. The highest BCUT2D eigenvalue weighted by atomic mass is 32.2. The van der Waals surface area contributed by atoms with Crippen LogP contribution in [0.25, 0.3) is 0 Å². The third-order valence-electron chi connectivity index (χ3n) is 2.92. The van der Waals surface area contributed by atoms with Crippen LogP contribution in [0.4, 0.5) is 11.4 Å². The van der Waals surface area contributed by atoms with E-state index < -0.39 is 0 Å². The Morgan fingerprint density at radius 1 is 1.44 bits per heavy atom. The molecule has 1 unspecified atom stereocenters. The van der Waals surface area contributed by atoms with Crippen molar-refractivity contribution >= 4 is 23.1 Å². The van der Waals surface area contributed by atoms with Crippen molar-refractivity contribution in [2.24, 2.45) is 5.92 Å². The molecule has 4 heteroatoms. The van der Waals surface area contributed by atoms with E-state index in [9.17, 15) is 0 Å². The Morgan fingerprint density at radius 2 is 2.28 bits per heavy atom. The zero-order valence-electron chi connectivity index (χ0n) is 11.1. The first-order valence-electron chi connectivity index (χ1n) is 6.52. The fourth-order valence-electron chi connectivity index (χ4n) is 2.07. The third-order valence-corrected chi connectivity index (χ3v) is 4.15. The molecular weight excluding hydrogens is 244 g/mol. The molecule has 2 rings (SSSR count). The second-order valence-corrected chi connectivity index (χ2v) is 6.22. The van der Waals surface area contributed by atoms with Gasteiger partial charge in [-0.25, -0.2) is 0 Å². The van der Waals surface area contributed by atoms with E-state index in [1.54, 1.807) is 0 Å². The third kappa shape index (κ3) is 4.02. The van der Waals surface area contributed by atoms with Gasteiger partial charge in [0.1, 0.15) is 5.75 Å². The number of nitrogen functional groups attached to an aromatic ring is 1. The predicted octanol–water partition coefficient (Wildman–Crippen LogP) is 3.22. The number of hydrogen-bond acceptors (Lipinski definition) is 4. The van der Waals surface area contributed by atoms with Crippen LogP contribution in [0.5, 0.6) is 5.75 Å². The molecule has 0 amide bonds. The second kappa shape index (κ2) is 6.23. The van der Waals surface area contributed by atoms with E-state index in [0.717, 1.165) is 29.6 Å². The van der Waals surface area contributed by atoms with Crippen molar-refractivity contribution < 1.29 is 4.74 Å². The van der Waals surface area contributed by atoms with Gasteiger partial charge in [0.2, 0.25) is 0 Å². The molecule has 0 spiro atoms. The van der Waals surface area contributed by atoms with Gasteiger partial charge in [-0.15, -0.1) is 0 Å². The van der Waals surface area contributed by atoms with Crippen LogP contribution in [0, 0.1) is 5.92 Å². The van der Waals surface area contributed by atoms with E-state index in [2.05, 4.69) is 5.32 Å². The smallest absolute Gasteiger partial charge is 0.123 e. The maximum atomic E-state index is 5.89. The number of hydrogen-bond donors (Lipinski definition) is 2. The topological polar surface area (TPSA) is 47.3 Å². The average Bonchev–Trinajstić information content (AvgIpc) is 2.77. The Labute approximate surface area is 113 Å². The molecule has 1 fully saturated rings. The number of benzene rings is 1. The molecule has 1 aromatic carbocycles. The molecule has 1 aliphatic heterocycles. The fraction of sp³-hybridized carbons (Fsp3) is 0.571. The Kier molecular flexibility index (Phi) is 4.64.